The van der Waals surface area contributed by atoms with Crippen LogP contribution in [0.2, 0.25) is 0 Å². The van der Waals surface area contributed by atoms with Crippen LogP contribution in [0.15, 0.2) is 12.4 Å². The van der Waals surface area contributed by atoms with Gasteiger partial charge in [-0.25, -0.2) is 4.79 Å². The lowest BCUT2D eigenvalue weighted by Gasteiger charge is -2.09. The van der Waals surface area contributed by atoms with E-state index in [1.54, 1.807) is 4.68 Å². The highest BCUT2D eigenvalue weighted by atomic mass is 16.3. The molecule has 1 aromatic heterocycles. The van der Waals surface area contributed by atoms with E-state index in [0.29, 0.717) is 25.9 Å². The monoisotopic (exact) mass is 268 g/mol. The number of carbonyl (C=O) groups is 1. The number of hydrogen-bond acceptors (Lipinski definition) is 3. The van der Waals surface area contributed by atoms with Crippen LogP contribution in [0.5, 0.6) is 0 Å². The van der Waals surface area contributed by atoms with E-state index in [-0.39, 0.29) is 12.1 Å². The number of nitrogens with one attached hydrogen (secondary N) is 2. The summed E-state index contributed by atoms with van der Waals surface area (Å²) in [6.45, 7) is 3.06. The molecule has 0 bridgehead atoms. The van der Waals surface area contributed by atoms with Crippen LogP contribution < -0.4 is 10.6 Å². The van der Waals surface area contributed by atoms with Crippen LogP contribution in [0.3, 0.4) is 0 Å². The fourth-order valence-electron chi connectivity index (χ4n) is 1.71. The quantitative estimate of drug-likeness (QED) is 0.611. The number of amides is 2. The van der Waals surface area contributed by atoms with Gasteiger partial charge in [0, 0.05) is 26.3 Å². The predicted octanol–water partition coefficient (Wildman–Crippen LogP) is 0.813. The predicted molar refractivity (Wildman–Crippen MR) is 73.8 cm³/mol. The highest BCUT2D eigenvalue weighted by Crippen LogP contribution is 1.99. The Morgan fingerprint density at radius 1 is 1.47 bits per heavy atom. The van der Waals surface area contributed by atoms with Gasteiger partial charge in [0.15, 0.2) is 0 Å². The van der Waals surface area contributed by atoms with E-state index in [4.69, 9.17) is 0 Å². The third-order valence-corrected chi connectivity index (χ3v) is 2.92. The molecule has 0 fully saturated rings. The maximum Gasteiger partial charge on any atom is 0.314 e. The van der Waals surface area contributed by atoms with E-state index >= 15 is 0 Å². The standard InChI is InChI=1S/C13H24N4O2/c1-3-12(18)6-8-15-13(19)14-7-4-5-11-9-16-17(2)10-11/h9-10,12,18H,3-8H2,1-2H3,(H2,14,15,19). The van der Waals surface area contributed by atoms with E-state index in [9.17, 15) is 9.90 Å². The highest BCUT2D eigenvalue weighted by molar-refractivity contribution is 5.73. The zero-order valence-corrected chi connectivity index (χ0v) is 11.7. The minimum atomic E-state index is -0.328. The molecule has 0 spiro atoms. The summed E-state index contributed by atoms with van der Waals surface area (Å²) in [4.78, 5) is 11.4. The van der Waals surface area contributed by atoms with Crippen molar-refractivity contribution in [2.24, 2.45) is 7.05 Å². The summed E-state index contributed by atoms with van der Waals surface area (Å²) >= 11 is 0. The van der Waals surface area contributed by atoms with Gasteiger partial charge in [-0.1, -0.05) is 6.92 Å². The van der Waals surface area contributed by atoms with Crippen molar-refractivity contribution < 1.29 is 9.90 Å². The molecule has 0 aromatic carbocycles. The second kappa shape index (κ2) is 8.53. The Bertz CT molecular complexity index is 378. The van der Waals surface area contributed by atoms with Crippen molar-refractivity contribution in [2.45, 2.75) is 38.7 Å². The minimum Gasteiger partial charge on any atom is -0.393 e. The zero-order chi connectivity index (χ0) is 14.1. The summed E-state index contributed by atoms with van der Waals surface area (Å²) in [6.07, 6.45) is 6.59. The van der Waals surface area contributed by atoms with Crippen LogP contribution in [0.1, 0.15) is 31.7 Å². The molecule has 1 aromatic rings. The average Bonchev–Trinajstić information content (AvgIpc) is 2.80. The second-order valence-electron chi connectivity index (χ2n) is 4.66. The van der Waals surface area contributed by atoms with Crippen LogP contribution in [-0.2, 0) is 13.5 Å². The molecular weight excluding hydrogens is 244 g/mol. The van der Waals surface area contributed by atoms with E-state index in [1.807, 2.05) is 26.4 Å². The Hall–Kier alpha value is -1.56. The number of carbonyl (C=O) groups excluding carboxylic acids is 1. The van der Waals surface area contributed by atoms with Crippen molar-refractivity contribution in [1.82, 2.24) is 20.4 Å². The molecule has 0 saturated heterocycles. The number of hydrogen-bond donors (Lipinski definition) is 3. The van der Waals surface area contributed by atoms with E-state index < -0.39 is 0 Å². The van der Waals surface area contributed by atoms with Crippen LogP contribution in [0.25, 0.3) is 0 Å². The lowest BCUT2D eigenvalue weighted by molar-refractivity contribution is 0.160. The fourth-order valence-corrected chi connectivity index (χ4v) is 1.71. The van der Waals surface area contributed by atoms with Gasteiger partial charge >= 0.3 is 6.03 Å². The van der Waals surface area contributed by atoms with Crippen molar-refractivity contribution >= 4 is 6.03 Å². The number of aliphatic hydroxyl groups excluding tert-OH is 1. The number of urea groups is 1. The van der Waals surface area contributed by atoms with E-state index in [2.05, 4.69) is 15.7 Å². The first-order valence-electron chi connectivity index (χ1n) is 6.79. The van der Waals surface area contributed by atoms with Crippen molar-refractivity contribution in [3.63, 3.8) is 0 Å². The molecule has 0 radical (unpaired) electrons. The van der Waals surface area contributed by atoms with E-state index in [0.717, 1.165) is 12.8 Å². The van der Waals surface area contributed by atoms with Gasteiger partial charge in [-0.3, -0.25) is 4.68 Å². The van der Waals surface area contributed by atoms with Crippen LogP contribution in [-0.4, -0.2) is 40.1 Å². The maximum absolute atomic E-state index is 11.4. The van der Waals surface area contributed by atoms with Crippen molar-refractivity contribution in [3.05, 3.63) is 18.0 Å². The van der Waals surface area contributed by atoms with Gasteiger partial charge in [-0.05, 0) is 31.2 Å². The Labute approximate surface area is 114 Å². The molecule has 0 aliphatic rings. The average molecular weight is 268 g/mol. The topological polar surface area (TPSA) is 79.2 Å². The Kier molecular flexibility index (Phi) is 6.95. The molecule has 19 heavy (non-hydrogen) atoms. The molecule has 1 atom stereocenters. The molecule has 0 aliphatic heterocycles. The SMILES string of the molecule is CCC(O)CCNC(=O)NCCCc1cnn(C)c1. The van der Waals surface area contributed by atoms with E-state index in [1.165, 1.54) is 5.56 Å². The van der Waals surface area contributed by atoms with Gasteiger partial charge in [0.2, 0.25) is 0 Å². The summed E-state index contributed by atoms with van der Waals surface area (Å²) in [5.74, 6) is 0. The molecule has 108 valence electrons. The Morgan fingerprint density at radius 3 is 2.84 bits per heavy atom. The Morgan fingerprint density at radius 2 is 2.21 bits per heavy atom. The van der Waals surface area contributed by atoms with Gasteiger partial charge < -0.3 is 15.7 Å². The van der Waals surface area contributed by atoms with Gasteiger partial charge in [0.1, 0.15) is 0 Å². The summed E-state index contributed by atoms with van der Waals surface area (Å²) in [5, 5.41) is 18.9. The number of nitrogens with zero attached hydrogens (tertiary/aromatic N) is 2. The van der Waals surface area contributed by atoms with Crippen LogP contribution in [0, 0.1) is 0 Å². The van der Waals surface area contributed by atoms with Crippen molar-refractivity contribution in [1.29, 1.82) is 0 Å². The normalized spacial score (nSPS) is 12.2. The smallest absolute Gasteiger partial charge is 0.314 e. The number of aromatic nitrogens is 2. The molecule has 2 amide bonds. The number of aryl methyl sites for hydroxylation is 2. The minimum absolute atomic E-state index is 0.172. The molecule has 1 unspecified atom stereocenters. The molecule has 1 heterocycles. The van der Waals surface area contributed by atoms with Gasteiger partial charge in [-0.15, -0.1) is 0 Å². The number of rotatable bonds is 8. The molecule has 3 N–H and O–H groups in total. The first-order chi connectivity index (χ1) is 9.11. The fraction of sp³-hybridized carbons (Fsp3) is 0.692. The highest BCUT2D eigenvalue weighted by Gasteiger charge is 2.03. The third-order valence-electron chi connectivity index (χ3n) is 2.92. The molecule has 6 heteroatoms. The van der Waals surface area contributed by atoms with Crippen LogP contribution >= 0.6 is 0 Å². The van der Waals surface area contributed by atoms with Gasteiger partial charge in [-0.2, -0.15) is 5.10 Å². The second-order valence-corrected chi connectivity index (χ2v) is 4.66. The van der Waals surface area contributed by atoms with Gasteiger partial charge in [0.05, 0.1) is 12.3 Å². The number of aliphatic hydroxyl groups is 1. The van der Waals surface area contributed by atoms with Crippen LogP contribution in [0.4, 0.5) is 4.79 Å². The largest absolute Gasteiger partial charge is 0.393 e. The maximum atomic E-state index is 11.4. The summed E-state index contributed by atoms with van der Waals surface area (Å²) < 4.78 is 1.77. The lowest BCUT2D eigenvalue weighted by atomic mass is 10.2. The Balaban J connectivity index is 2.01. The molecule has 1 rings (SSSR count). The summed E-state index contributed by atoms with van der Waals surface area (Å²) in [6, 6.07) is -0.172. The first kappa shape index (κ1) is 15.5. The molecule has 0 aliphatic carbocycles. The lowest BCUT2D eigenvalue weighted by Crippen LogP contribution is -2.37. The molecule has 0 saturated carbocycles. The molecule has 6 nitrogen and oxygen atoms in total. The first-order valence-corrected chi connectivity index (χ1v) is 6.79. The van der Waals surface area contributed by atoms with Crippen molar-refractivity contribution in [2.75, 3.05) is 13.1 Å². The zero-order valence-electron chi connectivity index (χ0n) is 11.7. The third kappa shape index (κ3) is 6.81. The summed E-state index contributed by atoms with van der Waals surface area (Å²) in [7, 11) is 1.89. The van der Waals surface area contributed by atoms with Gasteiger partial charge in [0.25, 0.3) is 0 Å². The van der Waals surface area contributed by atoms with Crippen molar-refractivity contribution in [3.8, 4) is 0 Å². The summed E-state index contributed by atoms with van der Waals surface area (Å²) in [5.41, 5.74) is 1.18. The molecular formula is C13H24N4O2.